The van der Waals surface area contributed by atoms with Crippen LogP contribution in [0.3, 0.4) is 0 Å². The largest absolute Gasteiger partial charge is 0.365 e. The molecule has 3 aromatic rings. The molecule has 0 amide bonds. The lowest BCUT2D eigenvalue weighted by Gasteiger charge is -2.26. The van der Waals surface area contributed by atoms with Crippen molar-refractivity contribution in [3.05, 3.63) is 153 Å². The van der Waals surface area contributed by atoms with Crippen molar-refractivity contribution in [3.8, 4) is 12.1 Å². The molecule has 0 bridgehead atoms. The highest BCUT2D eigenvalue weighted by Crippen LogP contribution is 2.35. The number of nitriles is 2. The van der Waals surface area contributed by atoms with Gasteiger partial charge in [0.25, 0.3) is 0 Å². The Balaban J connectivity index is 0.000000307. The number of piperidine rings is 1. The molecule has 0 saturated carbocycles. The Kier molecular flexibility index (Phi) is 23.0. The Bertz CT molecular complexity index is 1910. The molecule has 0 spiro atoms. The third-order valence-corrected chi connectivity index (χ3v) is 11.5. The van der Waals surface area contributed by atoms with Crippen LogP contribution in [-0.2, 0) is 6.42 Å². The molecule has 6 rings (SSSR count). The molecule has 2 heterocycles. The van der Waals surface area contributed by atoms with Crippen molar-refractivity contribution < 1.29 is 0 Å². The van der Waals surface area contributed by atoms with Crippen LogP contribution in [0, 0.1) is 34.5 Å². The number of hydrogen-bond donors (Lipinski definition) is 0. The van der Waals surface area contributed by atoms with Crippen LogP contribution in [0.15, 0.2) is 115 Å². The normalized spacial score (nSPS) is 16.5. The zero-order chi connectivity index (χ0) is 44.1. The molecule has 6 heteroatoms. The summed E-state index contributed by atoms with van der Waals surface area (Å²) in [5.74, 6) is 2.52. The van der Waals surface area contributed by atoms with Gasteiger partial charge in [-0.25, -0.2) is 0 Å². The molecule has 316 valence electrons. The molecule has 2 saturated heterocycles. The van der Waals surface area contributed by atoms with E-state index in [2.05, 4.69) is 138 Å². The van der Waals surface area contributed by atoms with E-state index < -0.39 is 0 Å². The molecule has 2 unspecified atom stereocenters. The first-order valence-corrected chi connectivity index (χ1v) is 22.2. The van der Waals surface area contributed by atoms with E-state index in [1.54, 1.807) is 0 Å². The van der Waals surface area contributed by atoms with Gasteiger partial charge in [0.1, 0.15) is 6.07 Å². The van der Waals surface area contributed by atoms with Crippen LogP contribution in [-0.4, -0.2) is 42.5 Å². The maximum absolute atomic E-state index is 8.99. The van der Waals surface area contributed by atoms with E-state index in [4.69, 9.17) is 33.7 Å². The summed E-state index contributed by atoms with van der Waals surface area (Å²) in [7, 11) is 2.18. The van der Waals surface area contributed by atoms with Crippen LogP contribution in [0.5, 0.6) is 0 Å². The summed E-state index contributed by atoms with van der Waals surface area (Å²) in [6.07, 6.45) is 12.3. The molecule has 3 aliphatic rings. The fourth-order valence-corrected chi connectivity index (χ4v) is 7.44. The third kappa shape index (κ3) is 17.8. The van der Waals surface area contributed by atoms with Crippen LogP contribution < -0.4 is 0 Å². The highest BCUT2D eigenvalue weighted by molar-refractivity contribution is 6.32. The van der Waals surface area contributed by atoms with E-state index in [1.807, 2.05) is 51.1 Å². The molecule has 3 aromatic carbocycles. The maximum Gasteiger partial charge on any atom is 0.101 e. The summed E-state index contributed by atoms with van der Waals surface area (Å²) in [4.78, 5) is 4.77. The second-order valence-electron chi connectivity index (χ2n) is 16.3. The average molecular weight is 834 g/mol. The molecule has 4 nitrogen and oxygen atoms in total. The lowest BCUT2D eigenvalue weighted by atomic mass is 9.96. The molecule has 0 aromatic heterocycles. The van der Waals surface area contributed by atoms with E-state index >= 15 is 0 Å². The number of nitrogens with zero attached hydrogens (tertiary/aromatic N) is 4. The summed E-state index contributed by atoms with van der Waals surface area (Å²) < 4.78 is 0. The first-order valence-electron chi connectivity index (χ1n) is 21.4. The predicted molar refractivity (Wildman–Crippen MR) is 258 cm³/mol. The SMILES string of the molecule is C=C(c1ccc(C(C)C)cc1)N1CC1CC(C)Cc1ccc(C#N)c(Cl)c1.C=CC1CCN(C)CC1.C=Cc1ccc(C(C)C)cc1.CC.CC1=CC(Cl)=C(C#N)CC1. The van der Waals surface area contributed by atoms with Gasteiger partial charge in [0, 0.05) is 23.9 Å². The number of likely N-dealkylation sites (tertiary alicyclic amines) is 1. The molecule has 59 heavy (non-hydrogen) atoms. The number of hydrogen-bond acceptors (Lipinski definition) is 4. The van der Waals surface area contributed by atoms with Crippen molar-refractivity contribution in [2.24, 2.45) is 11.8 Å². The van der Waals surface area contributed by atoms with Crippen LogP contribution in [0.2, 0.25) is 5.02 Å². The summed E-state index contributed by atoms with van der Waals surface area (Å²) in [5, 5.41) is 18.7. The zero-order valence-electron chi connectivity index (χ0n) is 37.5. The number of halogens is 2. The summed E-state index contributed by atoms with van der Waals surface area (Å²) >= 11 is 11.9. The second kappa shape index (κ2) is 26.7. The molecule has 2 aliphatic heterocycles. The van der Waals surface area contributed by atoms with Crippen molar-refractivity contribution in [3.63, 3.8) is 0 Å². The van der Waals surface area contributed by atoms with Crippen LogP contribution in [0.25, 0.3) is 11.8 Å². The second-order valence-corrected chi connectivity index (χ2v) is 17.1. The lowest BCUT2D eigenvalue weighted by Crippen LogP contribution is -2.29. The molecule has 0 radical (unpaired) electrons. The molecule has 1 aliphatic carbocycles. The lowest BCUT2D eigenvalue weighted by molar-refractivity contribution is 0.244. The fourth-order valence-electron chi connectivity index (χ4n) is 6.87. The van der Waals surface area contributed by atoms with Gasteiger partial charge < -0.3 is 9.80 Å². The molecule has 2 fully saturated rings. The first kappa shape index (κ1) is 50.8. The predicted octanol–water partition coefficient (Wildman–Crippen LogP) is 15.0. The van der Waals surface area contributed by atoms with Gasteiger partial charge >= 0.3 is 0 Å². The standard InChI is InChI=1S/C24H27ClN2.C11H14.C8H8ClN.C8H15N.C2H6/c1-16(2)20-7-9-21(10-8-20)18(4)27-15-23(27)12-17(3)11-19-5-6-22(14-26)24(25)13-19;1-4-10-5-7-11(8-6-10)9(2)3;1-6-2-3-7(5-10)8(9)4-6;1-3-8-4-6-9(2)7-5-8;1-2/h5-10,13,16-17,23H,4,11-12,15H2,1-3H3;4-9H,1H2,2-3H3;4H,2-3H2,1H3;3,8H,1,4-7H2,2H3;1-2H3. The monoisotopic (exact) mass is 832 g/mol. The highest BCUT2D eigenvalue weighted by atomic mass is 35.5. The minimum absolute atomic E-state index is 0.543. The Morgan fingerprint density at radius 3 is 1.90 bits per heavy atom. The third-order valence-electron chi connectivity index (χ3n) is 10.9. The van der Waals surface area contributed by atoms with E-state index in [0.717, 1.165) is 43.8 Å². The van der Waals surface area contributed by atoms with Crippen molar-refractivity contribution in [1.82, 2.24) is 9.80 Å². The van der Waals surface area contributed by atoms with Gasteiger partial charge in [0.15, 0.2) is 0 Å². The van der Waals surface area contributed by atoms with Crippen molar-refractivity contribution in [1.29, 1.82) is 10.5 Å². The van der Waals surface area contributed by atoms with E-state index in [9.17, 15) is 0 Å². The van der Waals surface area contributed by atoms with Crippen LogP contribution >= 0.6 is 23.2 Å². The number of rotatable bonds is 10. The Morgan fingerprint density at radius 2 is 1.42 bits per heavy atom. The minimum Gasteiger partial charge on any atom is -0.365 e. The van der Waals surface area contributed by atoms with Gasteiger partial charge in [0.2, 0.25) is 0 Å². The van der Waals surface area contributed by atoms with E-state index in [0.29, 0.717) is 45.0 Å². The number of allylic oxidation sites excluding steroid dienone is 5. The van der Waals surface area contributed by atoms with Gasteiger partial charge in [-0.2, -0.15) is 10.5 Å². The van der Waals surface area contributed by atoms with Crippen LogP contribution in [0.4, 0.5) is 0 Å². The Labute approximate surface area is 369 Å². The Morgan fingerprint density at radius 1 is 0.847 bits per heavy atom. The fraction of sp³-hybridized carbons (Fsp3) is 0.434. The van der Waals surface area contributed by atoms with Crippen molar-refractivity contribution in [2.75, 3.05) is 26.7 Å². The minimum atomic E-state index is 0.543. The first-order chi connectivity index (χ1) is 28.2. The quantitative estimate of drug-likeness (QED) is 0.151. The van der Waals surface area contributed by atoms with Gasteiger partial charge in [-0.05, 0) is 135 Å². The van der Waals surface area contributed by atoms with Crippen molar-refractivity contribution in [2.45, 2.75) is 112 Å². The molecule has 2 atom stereocenters. The highest BCUT2D eigenvalue weighted by Gasteiger charge is 2.36. The van der Waals surface area contributed by atoms with Crippen LogP contribution in [0.1, 0.15) is 133 Å². The van der Waals surface area contributed by atoms with Gasteiger partial charge in [-0.3, -0.25) is 0 Å². The van der Waals surface area contributed by atoms with E-state index in [1.165, 1.54) is 59.3 Å². The smallest absolute Gasteiger partial charge is 0.101 e. The molecule has 0 N–H and O–H groups in total. The summed E-state index contributed by atoms with van der Waals surface area (Å²) in [5.41, 5.74) is 9.99. The molecular weight excluding hydrogens is 764 g/mol. The van der Waals surface area contributed by atoms with Gasteiger partial charge in [-0.1, -0.05) is 157 Å². The van der Waals surface area contributed by atoms with Gasteiger partial charge in [0.05, 0.1) is 21.7 Å². The topological polar surface area (TPSA) is 53.8 Å². The summed E-state index contributed by atoms with van der Waals surface area (Å²) in [6.45, 7) is 32.5. The number of benzene rings is 3. The molecular formula is C53H70Cl2N4. The average Bonchev–Trinajstić information content (AvgIpc) is 4.01. The Hall–Kier alpha value is -4.32. The van der Waals surface area contributed by atoms with Gasteiger partial charge in [-0.15, -0.1) is 6.58 Å². The maximum atomic E-state index is 8.99. The summed E-state index contributed by atoms with van der Waals surface area (Å²) in [6, 6.07) is 27.8. The van der Waals surface area contributed by atoms with Crippen molar-refractivity contribution >= 4 is 35.0 Å². The zero-order valence-corrected chi connectivity index (χ0v) is 39.0. The van der Waals surface area contributed by atoms with E-state index in [-0.39, 0.29) is 0 Å².